The Bertz CT molecular complexity index is 823. The number of hydroxylamine groups is 1. The summed E-state index contributed by atoms with van der Waals surface area (Å²) in [7, 11) is 0. The van der Waals surface area contributed by atoms with E-state index in [2.05, 4.69) is 5.32 Å². The molecule has 0 saturated carbocycles. The van der Waals surface area contributed by atoms with Gasteiger partial charge < -0.3 is 14.6 Å². The lowest BCUT2D eigenvalue weighted by Gasteiger charge is -2.27. The van der Waals surface area contributed by atoms with Gasteiger partial charge in [0.2, 0.25) is 0 Å². The summed E-state index contributed by atoms with van der Waals surface area (Å²) < 4.78 is 11.5. The molecule has 30 heavy (non-hydrogen) atoms. The average molecular weight is 414 g/mol. The molecule has 0 bridgehead atoms. The smallest absolute Gasteiger partial charge is 0.412 e. The van der Waals surface area contributed by atoms with Crippen molar-refractivity contribution in [2.24, 2.45) is 0 Å². The van der Waals surface area contributed by atoms with E-state index < -0.39 is 24.2 Å². The van der Waals surface area contributed by atoms with Crippen molar-refractivity contribution in [3.8, 4) is 5.75 Å². The molecule has 4 N–H and O–H groups in total. The van der Waals surface area contributed by atoms with Crippen molar-refractivity contribution in [3.05, 3.63) is 72.3 Å². The number of allylic oxidation sites excluding steroid dienone is 1. The maximum absolute atomic E-state index is 12.5. The molecular weight excluding hydrogens is 388 g/mol. The van der Waals surface area contributed by atoms with Crippen molar-refractivity contribution in [2.75, 3.05) is 11.9 Å². The van der Waals surface area contributed by atoms with Crippen molar-refractivity contribution < 1.29 is 29.4 Å². The Labute approximate surface area is 175 Å². The second kappa shape index (κ2) is 12.3. The van der Waals surface area contributed by atoms with Crippen molar-refractivity contribution in [3.63, 3.8) is 0 Å². The maximum Gasteiger partial charge on any atom is 0.412 e. The van der Waals surface area contributed by atoms with Gasteiger partial charge in [0.25, 0.3) is 5.91 Å². The first kappa shape index (κ1) is 22.9. The molecule has 0 unspecified atom stereocenters. The molecule has 0 radical (unpaired) electrons. The van der Waals surface area contributed by atoms with Crippen LogP contribution in [0.5, 0.6) is 5.75 Å². The number of carbonyl (C=O) groups excluding carboxylic acids is 2. The molecular formula is C22H26N2O6. The van der Waals surface area contributed by atoms with Crippen molar-refractivity contribution in [1.82, 2.24) is 5.48 Å². The van der Waals surface area contributed by atoms with Gasteiger partial charge in [-0.25, -0.2) is 10.3 Å². The SMILES string of the molecule is CCO[C@@H](CC/C=C/C(=O)NO)[C@@H](OC(=O)Nc1ccccc1)c1ccc(O)cc1. The zero-order valence-electron chi connectivity index (χ0n) is 16.7. The molecule has 2 aromatic carbocycles. The van der Waals surface area contributed by atoms with Crippen LogP contribution in [0.3, 0.4) is 0 Å². The molecule has 0 aliphatic heterocycles. The Morgan fingerprint density at radius 1 is 1.10 bits per heavy atom. The molecule has 0 saturated heterocycles. The lowest BCUT2D eigenvalue weighted by atomic mass is 10.00. The number of carbonyl (C=O) groups is 2. The molecule has 2 atom stereocenters. The van der Waals surface area contributed by atoms with E-state index in [4.69, 9.17) is 14.7 Å². The van der Waals surface area contributed by atoms with E-state index in [0.29, 0.717) is 30.7 Å². The van der Waals surface area contributed by atoms with Gasteiger partial charge in [-0.1, -0.05) is 36.4 Å². The average Bonchev–Trinajstić information content (AvgIpc) is 2.75. The molecule has 160 valence electrons. The van der Waals surface area contributed by atoms with Crippen LogP contribution in [0, 0.1) is 0 Å². The summed E-state index contributed by atoms with van der Waals surface area (Å²) in [5.41, 5.74) is 2.78. The van der Waals surface area contributed by atoms with E-state index in [1.807, 2.05) is 13.0 Å². The van der Waals surface area contributed by atoms with Crippen LogP contribution in [0.4, 0.5) is 10.5 Å². The lowest BCUT2D eigenvalue weighted by molar-refractivity contribution is -0.124. The van der Waals surface area contributed by atoms with Crippen LogP contribution >= 0.6 is 0 Å². The van der Waals surface area contributed by atoms with Gasteiger partial charge in [0, 0.05) is 18.4 Å². The summed E-state index contributed by atoms with van der Waals surface area (Å²) in [6, 6.07) is 15.3. The molecule has 2 amide bonds. The zero-order chi connectivity index (χ0) is 21.8. The summed E-state index contributed by atoms with van der Waals surface area (Å²) in [5, 5.41) is 20.8. The number of phenolic OH excluding ortho intramolecular Hbond substituents is 1. The van der Waals surface area contributed by atoms with E-state index in [0.717, 1.165) is 0 Å². The number of anilines is 1. The summed E-state index contributed by atoms with van der Waals surface area (Å²) in [6.07, 6.45) is 1.83. The zero-order valence-corrected chi connectivity index (χ0v) is 16.7. The van der Waals surface area contributed by atoms with Crippen molar-refractivity contribution in [1.29, 1.82) is 0 Å². The first-order valence-electron chi connectivity index (χ1n) is 9.57. The van der Waals surface area contributed by atoms with E-state index in [-0.39, 0.29) is 5.75 Å². The van der Waals surface area contributed by atoms with Gasteiger partial charge in [0.05, 0.1) is 6.10 Å². The highest BCUT2D eigenvalue weighted by Crippen LogP contribution is 2.29. The third kappa shape index (κ3) is 7.57. The molecule has 8 nitrogen and oxygen atoms in total. The minimum atomic E-state index is -0.741. The fourth-order valence-corrected chi connectivity index (χ4v) is 2.83. The third-order valence-corrected chi connectivity index (χ3v) is 4.19. The maximum atomic E-state index is 12.5. The molecule has 0 spiro atoms. The monoisotopic (exact) mass is 414 g/mol. The van der Waals surface area contributed by atoms with Gasteiger partial charge in [-0.2, -0.15) is 0 Å². The quantitative estimate of drug-likeness (QED) is 0.266. The summed E-state index contributed by atoms with van der Waals surface area (Å²) in [4.78, 5) is 23.6. The second-order valence-electron chi connectivity index (χ2n) is 6.36. The molecule has 8 heteroatoms. The Morgan fingerprint density at radius 2 is 1.80 bits per heavy atom. The van der Waals surface area contributed by atoms with Crippen LogP contribution < -0.4 is 10.8 Å². The first-order valence-corrected chi connectivity index (χ1v) is 9.57. The predicted octanol–water partition coefficient (Wildman–Crippen LogP) is 3.93. The number of benzene rings is 2. The van der Waals surface area contributed by atoms with Gasteiger partial charge in [-0.05, 0) is 49.6 Å². The number of phenols is 1. The number of rotatable bonds is 10. The number of para-hydroxylation sites is 1. The Balaban J connectivity index is 2.16. The van der Waals surface area contributed by atoms with Crippen molar-refractivity contribution >= 4 is 17.7 Å². The van der Waals surface area contributed by atoms with Crippen LogP contribution in [0.15, 0.2) is 66.7 Å². The minimum Gasteiger partial charge on any atom is -0.508 e. The summed E-state index contributed by atoms with van der Waals surface area (Å²) in [5.74, 6) is -0.534. The minimum absolute atomic E-state index is 0.0946. The number of aromatic hydroxyl groups is 1. The molecule has 0 aromatic heterocycles. The van der Waals surface area contributed by atoms with Gasteiger partial charge in [0.1, 0.15) is 5.75 Å². The third-order valence-electron chi connectivity index (χ3n) is 4.19. The number of hydrogen-bond donors (Lipinski definition) is 4. The Hall–Kier alpha value is -3.36. The molecule has 0 fully saturated rings. The number of nitrogens with one attached hydrogen (secondary N) is 2. The number of ether oxygens (including phenoxy) is 2. The molecule has 2 rings (SSSR count). The highest BCUT2D eigenvalue weighted by atomic mass is 16.6. The fourth-order valence-electron chi connectivity index (χ4n) is 2.83. The molecule has 2 aromatic rings. The van der Waals surface area contributed by atoms with Gasteiger partial charge in [-0.3, -0.25) is 15.3 Å². The summed E-state index contributed by atoms with van der Waals surface area (Å²) in [6.45, 7) is 2.23. The molecule has 0 heterocycles. The highest BCUT2D eigenvalue weighted by molar-refractivity contribution is 5.86. The largest absolute Gasteiger partial charge is 0.508 e. The van der Waals surface area contributed by atoms with E-state index in [1.165, 1.54) is 23.7 Å². The lowest BCUT2D eigenvalue weighted by Crippen LogP contribution is -2.29. The van der Waals surface area contributed by atoms with Crippen molar-refractivity contribution in [2.45, 2.75) is 32.0 Å². The fraction of sp³-hybridized carbons (Fsp3) is 0.273. The second-order valence-corrected chi connectivity index (χ2v) is 6.36. The number of amides is 2. The normalized spacial score (nSPS) is 12.9. The first-order chi connectivity index (χ1) is 14.5. The Morgan fingerprint density at radius 3 is 2.43 bits per heavy atom. The van der Waals surface area contributed by atoms with Crippen LogP contribution in [0.1, 0.15) is 31.4 Å². The van der Waals surface area contributed by atoms with Crippen LogP contribution in [0.25, 0.3) is 0 Å². The van der Waals surface area contributed by atoms with Crippen LogP contribution in [-0.4, -0.2) is 35.0 Å². The standard InChI is InChI=1S/C22H26N2O6/c1-2-29-19(10-6-7-11-20(26)24-28)21(16-12-14-18(25)15-13-16)30-22(27)23-17-8-4-3-5-9-17/h3-5,7-9,11-15,19,21,25,28H,2,6,10H2,1H3,(H,23,27)(H,24,26)/b11-7+/t19-,21-/m0/s1. The van der Waals surface area contributed by atoms with Crippen LogP contribution in [-0.2, 0) is 14.3 Å². The van der Waals surface area contributed by atoms with E-state index >= 15 is 0 Å². The predicted molar refractivity (Wildman–Crippen MR) is 111 cm³/mol. The highest BCUT2D eigenvalue weighted by Gasteiger charge is 2.27. The topological polar surface area (TPSA) is 117 Å². The van der Waals surface area contributed by atoms with E-state index in [1.54, 1.807) is 42.5 Å². The van der Waals surface area contributed by atoms with Gasteiger partial charge in [0.15, 0.2) is 6.10 Å². The summed E-state index contributed by atoms with van der Waals surface area (Å²) >= 11 is 0. The van der Waals surface area contributed by atoms with Crippen LogP contribution in [0.2, 0.25) is 0 Å². The van der Waals surface area contributed by atoms with Gasteiger partial charge >= 0.3 is 6.09 Å². The molecule has 0 aliphatic carbocycles. The van der Waals surface area contributed by atoms with E-state index in [9.17, 15) is 14.7 Å². The number of hydrogen-bond acceptors (Lipinski definition) is 6. The Kier molecular flexibility index (Phi) is 9.36. The van der Waals surface area contributed by atoms with Gasteiger partial charge in [-0.15, -0.1) is 0 Å². The molecule has 0 aliphatic rings.